The van der Waals surface area contributed by atoms with Crippen LogP contribution in [0.2, 0.25) is 0 Å². The zero-order valence-electron chi connectivity index (χ0n) is 12.6. The molecule has 0 saturated carbocycles. The number of hydrogen-bond acceptors (Lipinski definition) is 4. The number of methoxy groups -OCH3 is 1. The second kappa shape index (κ2) is 6.83. The molecular weight excluding hydrogens is 304 g/mol. The van der Waals surface area contributed by atoms with Crippen molar-refractivity contribution < 1.29 is 17.9 Å². The Morgan fingerprint density at radius 3 is 2.68 bits per heavy atom. The van der Waals surface area contributed by atoms with E-state index in [-0.39, 0.29) is 11.8 Å². The number of ether oxygens (including phenoxy) is 1. The van der Waals surface area contributed by atoms with Gasteiger partial charge in [0.25, 0.3) is 0 Å². The predicted octanol–water partition coefficient (Wildman–Crippen LogP) is 2.36. The molecule has 1 amide bonds. The zero-order valence-corrected chi connectivity index (χ0v) is 13.4. The van der Waals surface area contributed by atoms with Gasteiger partial charge in [0.15, 0.2) is 0 Å². The summed E-state index contributed by atoms with van der Waals surface area (Å²) in [6.45, 7) is 0. The molecule has 1 aliphatic carbocycles. The van der Waals surface area contributed by atoms with E-state index in [1.807, 2.05) is 6.08 Å². The van der Waals surface area contributed by atoms with Crippen LogP contribution in [-0.2, 0) is 14.8 Å². The van der Waals surface area contributed by atoms with E-state index >= 15 is 0 Å². The Kier molecular flexibility index (Phi) is 5.07. The van der Waals surface area contributed by atoms with Crippen LogP contribution in [0.1, 0.15) is 19.3 Å². The first-order valence-electron chi connectivity index (χ1n) is 7.01. The SMILES string of the molecule is COc1cc(NC(=O)C2CC=CCC2)ccc1NS(C)(=O)=O. The molecule has 1 atom stereocenters. The van der Waals surface area contributed by atoms with Crippen LogP contribution in [0.5, 0.6) is 5.75 Å². The Morgan fingerprint density at radius 1 is 1.32 bits per heavy atom. The van der Waals surface area contributed by atoms with Gasteiger partial charge in [0.2, 0.25) is 15.9 Å². The van der Waals surface area contributed by atoms with Crippen LogP contribution in [-0.4, -0.2) is 27.7 Å². The van der Waals surface area contributed by atoms with Gasteiger partial charge in [0, 0.05) is 17.7 Å². The van der Waals surface area contributed by atoms with Crippen LogP contribution in [0.3, 0.4) is 0 Å². The standard InChI is InChI=1S/C15H20N2O4S/c1-21-14-10-12(8-9-13(14)17-22(2,19)20)16-15(18)11-6-4-3-5-7-11/h3-4,8-11,17H,5-7H2,1-2H3,(H,16,18). The predicted molar refractivity (Wildman–Crippen MR) is 86.6 cm³/mol. The quantitative estimate of drug-likeness (QED) is 0.814. The van der Waals surface area contributed by atoms with Gasteiger partial charge in [0.1, 0.15) is 5.75 Å². The largest absolute Gasteiger partial charge is 0.494 e. The first-order valence-corrected chi connectivity index (χ1v) is 8.90. The van der Waals surface area contributed by atoms with Crippen LogP contribution in [0.15, 0.2) is 30.4 Å². The minimum Gasteiger partial charge on any atom is -0.494 e. The summed E-state index contributed by atoms with van der Waals surface area (Å²) in [4.78, 5) is 12.2. The number of nitrogens with one attached hydrogen (secondary N) is 2. The molecule has 0 bridgehead atoms. The van der Waals surface area contributed by atoms with E-state index in [9.17, 15) is 13.2 Å². The van der Waals surface area contributed by atoms with E-state index in [4.69, 9.17) is 4.74 Å². The van der Waals surface area contributed by atoms with Gasteiger partial charge in [-0.3, -0.25) is 9.52 Å². The van der Waals surface area contributed by atoms with E-state index in [1.54, 1.807) is 18.2 Å². The van der Waals surface area contributed by atoms with E-state index in [2.05, 4.69) is 16.1 Å². The van der Waals surface area contributed by atoms with Gasteiger partial charge in [-0.05, 0) is 31.4 Å². The summed E-state index contributed by atoms with van der Waals surface area (Å²) in [5, 5.41) is 2.85. The van der Waals surface area contributed by atoms with Gasteiger partial charge in [-0.25, -0.2) is 8.42 Å². The molecule has 0 radical (unpaired) electrons. The van der Waals surface area contributed by atoms with Crippen LogP contribution >= 0.6 is 0 Å². The lowest BCUT2D eigenvalue weighted by atomic mass is 9.93. The third kappa shape index (κ3) is 4.49. The number of benzene rings is 1. The molecule has 0 aliphatic heterocycles. The lowest BCUT2D eigenvalue weighted by Crippen LogP contribution is -2.23. The summed E-state index contributed by atoms with van der Waals surface area (Å²) in [6.07, 6.45) is 7.67. The zero-order chi connectivity index (χ0) is 16.2. The third-order valence-corrected chi connectivity index (χ3v) is 3.99. The Morgan fingerprint density at radius 2 is 2.09 bits per heavy atom. The first-order chi connectivity index (χ1) is 10.4. The van der Waals surface area contributed by atoms with Gasteiger partial charge < -0.3 is 10.1 Å². The number of carbonyl (C=O) groups is 1. The second-order valence-corrected chi connectivity index (χ2v) is 7.01. The molecule has 2 rings (SSSR count). The van der Waals surface area contributed by atoms with Gasteiger partial charge in [-0.15, -0.1) is 0 Å². The molecule has 0 saturated heterocycles. The van der Waals surface area contributed by atoms with Crippen LogP contribution < -0.4 is 14.8 Å². The van der Waals surface area contributed by atoms with Gasteiger partial charge in [0.05, 0.1) is 19.1 Å². The lowest BCUT2D eigenvalue weighted by Gasteiger charge is -2.18. The topological polar surface area (TPSA) is 84.5 Å². The Bertz CT molecular complexity index is 683. The van der Waals surface area contributed by atoms with Crippen molar-refractivity contribution in [1.82, 2.24) is 0 Å². The van der Waals surface area contributed by atoms with Gasteiger partial charge in [-0.1, -0.05) is 12.2 Å². The molecule has 0 heterocycles. The summed E-state index contributed by atoms with van der Waals surface area (Å²) in [5.41, 5.74) is 0.916. The van der Waals surface area contributed by atoms with E-state index < -0.39 is 10.0 Å². The molecule has 1 aromatic rings. The Labute approximate surface area is 130 Å². The monoisotopic (exact) mass is 324 g/mol. The number of amides is 1. The highest BCUT2D eigenvalue weighted by Gasteiger charge is 2.19. The number of allylic oxidation sites excluding steroid dienone is 2. The van der Waals surface area contributed by atoms with Crippen molar-refractivity contribution in [2.75, 3.05) is 23.4 Å². The lowest BCUT2D eigenvalue weighted by molar-refractivity contribution is -0.120. The van der Waals surface area contributed by atoms with E-state index in [0.29, 0.717) is 17.1 Å². The van der Waals surface area contributed by atoms with Crippen LogP contribution in [0.4, 0.5) is 11.4 Å². The van der Waals surface area contributed by atoms with Crippen molar-refractivity contribution in [3.05, 3.63) is 30.4 Å². The highest BCUT2D eigenvalue weighted by molar-refractivity contribution is 7.92. The molecule has 0 fully saturated rings. The van der Waals surface area contributed by atoms with Gasteiger partial charge in [-0.2, -0.15) is 0 Å². The molecule has 2 N–H and O–H groups in total. The number of sulfonamides is 1. The minimum absolute atomic E-state index is 0.0233. The number of anilines is 2. The molecule has 6 nitrogen and oxygen atoms in total. The van der Waals surface area contributed by atoms with Crippen molar-refractivity contribution in [2.45, 2.75) is 19.3 Å². The number of carbonyl (C=O) groups excluding carboxylic acids is 1. The maximum absolute atomic E-state index is 12.2. The molecule has 7 heteroatoms. The van der Waals surface area contributed by atoms with Crippen molar-refractivity contribution >= 4 is 27.3 Å². The fourth-order valence-electron chi connectivity index (χ4n) is 2.33. The summed E-state index contributed by atoms with van der Waals surface area (Å²) >= 11 is 0. The molecular formula is C15H20N2O4S. The third-order valence-electron chi connectivity index (χ3n) is 3.40. The number of rotatable bonds is 5. The second-order valence-electron chi connectivity index (χ2n) is 5.26. The fraction of sp³-hybridized carbons (Fsp3) is 0.400. The molecule has 0 spiro atoms. The average Bonchev–Trinajstić information content (AvgIpc) is 2.48. The average molecular weight is 324 g/mol. The smallest absolute Gasteiger partial charge is 0.229 e. The molecule has 1 unspecified atom stereocenters. The van der Waals surface area contributed by atoms with Crippen LogP contribution in [0.25, 0.3) is 0 Å². The van der Waals surface area contributed by atoms with Gasteiger partial charge >= 0.3 is 0 Å². The summed E-state index contributed by atoms with van der Waals surface area (Å²) in [7, 11) is -1.94. The van der Waals surface area contributed by atoms with Crippen molar-refractivity contribution in [1.29, 1.82) is 0 Å². The summed E-state index contributed by atoms with van der Waals surface area (Å²) < 4.78 is 30.1. The van der Waals surface area contributed by atoms with Crippen molar-refractivity contribution in [2.24, 2.45) is 5.92 Å². The van der Waals surface area contributed by atoms with Crippen LogP contribution in [0, 0.1) is 5.92 Å². The number of hydrogen-bond donors (Lipinski definition) is 2. The molecule has 22 heavy (non-hydrogen) atoms. The minimum atomic E-state index is -3.39. The molecule has 1 aliphatic rings. The first kappa shape index (κ1) is 16.4. The maximum Gasteiger partial charge on any atom is 0.229 e. The molecule has 120 valence electrons. The van der Waals surface area contributed by atoms with E-state index in [1.165, 1.54) is 7.11 Å². The maximum atomic E-state index is 12.2. The van der Waals surface area contributed by atoms with Crippen molar-refractivity contribution in [3.63, 3.8) is 0 Å². The Balaban J connectivity index is 2.12. The molecule has 1 aromatic carbocycles. The molecule has 0 aromatic heterocycles. The summed E-state index contributed by atoms with van der Waals surface area (Å²) in [5.74, 6) is 0.298. The highest BCUT2D eigenvalue weighted by Crippen LogP contribution is 2.29. The van der Waals surface area contributed by atoms with E-state index in [0.717, 1.165) is 25.5 Å². The van der Waals surface area contributed by atoms with Crippen molar-refractivity contribution in [3.8, 4) is 5.75 Å². The summed E-state index contributed by atoms with van der Waals surface area (Å²) in [6, 6.07) is 4.81. The highest BCUT2D eigenvalue weighted by atomic mass is 32.2. The normalized spacial score (nSPS) is 17.8. The Hall–Kier alpha value is -2.02. The fourth-order valence-corrected chi connectivity index (χ4v) is 2.90.